The van der Waals surface area contributed by atoms with Crippen molar-refractivity contribution in [3.05, 3.63) is 71.5 Å². The number of hydrogen-bond acceptors (Lipinski definition) is 6. The van der Waals surface area contributed by atoms with Crippen molar-refractivity contribution in [2.45, 2.75) is 37.5 Å². The van der Waals surface area contributed by atoms with E-state index in [2.05, 4.69) is 9.97 Å². The van der Waals surface area contributed by atoms with Crippen LogP contribution in [-0.2, 0) is 16.3 Å². The topological polar surface area (TPSA) is 103 Å². The van der Waals surface area contributed by atoms with Crippen molar-refractivity contribution < 1.29 is 13.2 Å². The average Bonchev–Trinajstić information content (AvgIpc) is 2.72. The minimum absolute atomic E-state index is 0.0686. The number of carbonyl (C=O) groups is 1. The summed E-state index contributed by atoms with van der Waals surface area (Å²) in [5, 5.41) is 0. The first-order chi connectivity index (χ1) is 14.8. The SMILES string of the molecule is Cc1ccc(-c2cnc(N)c(C(=O)Cc3ccc(S(=O)(=O)CC4CCC4)cc3)n2)cc1. The summed E-state index contributed by atoms with van der Waals surface area (Å²) >= 11 is 0. The fraction of sp³-hybridized carbons (Fsp3) is 0.292. The van der Waals surface area contributed by atoms with Crippen molar-refractivity contribution >= 4 is 21.4 Å². The molecule has 0 amide bonds. The second-order valence-electron chi connectivity index (χ2n) is 8.18. The van der Waals surface area contributed by atoms with E-state index in [0.29, 0.717) is 16.2 Å². The summed E-state index contributed by atoms with van der Waals surface area (Å²) in [6.45, 7) is 2.00. The van der Waals surface area contributed by atoms with Crippen molar-refractivity contribution in [3.63, 3.8) is 0 Å². The van der Waals surface area contributed by atoms with Crippen LogP contribution in [0.25, 0.3) is 11.3 Å². The molecule has 4 rings (SSSR count). The number of nitrogens with two attached hydrogens (primary N) is 1. The van der Waals surface area contributed by atoms with Gasteiger partial charge in [0, 0.05) is 12.0 Å². The molecule has 0 spiro atoms. The average molecular weight is 436 g/mol. The summed E-state index contributed by atoms with van der Waals surface area (Å²) in [4.78, 5) is 21.7. The maximum absolute atomic E-state index is 12.8. The van der Waals surface area contributed by atoms with E-state index >= 15 is 0 Å². The molecule has 1 aliphatic carbocycles. The lowest BCUT2D eigenvalue weighted by Gasteiger charge is -2.24. The van der Waals surface area contributed by atoms with Gasteiger partial charge in [0.15, 0.2) is 21.4 Å². The molecule has 31 heavy (non-hydrogen) atoms. The third-order valence-electron chi connectivity index (χ3n) is 5.74. The molecule has 0 saturated heterocycles. The molecule has 0 radical (unpaired) electrons. The van der Waals surface area contributed by atoms with E-state index in [0.717, 1.165) is 30.4 Å². The quantitative estimate of drug-likeness (QED) is 0.562. The molecule has 0 aliphatic heterocycles. The van der Waals surface area contributed by atoms with Gasteiger partial charge in [0.1, 0.15) is 5.69 Å². The Kier molecular flexibility index (Phi) is 5.87. The number of hydrogen-bond donors (Lipinski definition) is 1. The normalized spacial score (nSPS) is 14.2. The second kappa shape index (κ2) is 8.59. The predicted octanol–water partition coefficient (Wildman–Crippen LogP) is 4.03. The van der Waals surface area contributed by atoms with Crippen molar-refractivity contribution in [1.29, 1.82) is 0 Å². The van der Waals surface area contributed by atoms with Gasteiger partial charge in [-0.25, -0.2) is 18.4 Å². The lowest BCUT2D eigenvalue weighted by molar-refractivity contribution is 0.0989. The zero-order valence-corrected chi connectivity index (χ0v) is 18.2. The third-order valence-corrected chi connectivity index (χ3v) is 7.64. The van der Waals surface area contributed by atoms with E-state index < -0.39 is 9.84 Å². The van der Waals surface area contributed by atoms with Crippen molar-refractivity contribution in [1.82, 2.24) is 9.97 Å². The lowest BCUT2D eigenvalue weighted by atomic mass is 9.87. The third kappa shape index (κ3) is 4.82. The van der Waals surface area contributed by atoms with Crippen LogP contribution in [0.4, 0.5) is 5.82 Å². The molecule has 1 aliphatic rings. The fourth-order valence-corrected chi connectivity index (χ4v) is 5.31. The fourth-order valence-electron chi connectivity index (χ4n) is 3.62. The number of carbonyl (C=O) groups excluding carboxylic acids is 1. The van der Waals surface area contributed by atoms with Crippen LogP contribution in [0.2, 0.25) is 0 Å². The largest absolute Gasteiger partial charge is 0.382 e. The summed E-state index contributed by atoms with van der Waals surface area (Å²) in [6.07, 6.45) is 4.70. The summed E-state index contributed by atoms with van der Waals surface area (Å²) in [7, 11) is -3.29. The lowest BCUT2D eigenvalue weighted by Crippen LogP contribution is -2.22. The Hall–Kier alpha value is -3.06. The van der Waals surface area contributed by atoms with Gasteiger partial charge in [0.25, 0.3) is 0 Å². The number of nitrogen functional groups attached to an aromatic ring is 1. The van der Waals surface area contributed by atoms with Gasteiger partial charge < -0.3 is 5.73 Å². The Labute approximate surface area is 182 Å². The number of nitrogens with zero attached hydrogens (tertiary/aromatic N) is 2. The highest BCUT2D eigenvalue weighted by molar-refractivity contribution is 7.91. The Balaban J connectivity index is 1.50. The first-order valence-electron chi connectivity index (χ1n) is 10.4. The van der Waals surface area contributed by atoms with Gasteiger partial charge in [-0.15, -0.1) is 0 Å². The molecule has 7 heteroatoms. The van der Waals surface area contributed by atoms with Crippen LogP contribution in [0.15, 0.2) is 59.6 Å². The van der Waals surface area contributed by atoms with Gasteiger partial charge in [-0.2, -0.15) is 0 Å². The maximum atomic E-state index is 12.8. The molecule has 6 nitrogen and oxygen atoms in total. The van der Waals surface area contributed by atoms with Gasteiger partial charge in [-0.3, -0.25) is 4.79 Å². The van der Waals surface area contributed by atoms with Crippen LogP contribution in [0.3, 0.4) is 0 Å². The van der Waals surface area contributed by atoms with Crippen LogP contribution >= 0.6 is 0 Å². The smallest absolute Gasteiger partial charge is 0.189 e. The summed E-state index contributed by atoms with van der Waals surface area (Å²) in [5.74, 6) is 0.293. The van der Waals surface area contributed by atoms with Crippen LogP contribution in [0, 0.1) is 12.8 Å². The number of aryl methyl sites for hydroxylation is 1. The van der Waals surface area contributed by atoms with Gasteiger partial charge >= 0.3 is 0 Å². The molecule has 3 aromatic rings. The zero-order valence-electron chi connectivity index (χ0n) is 17.4. The molecule has 0 unspecified atom stereocenters. The summed E-state index contributed by atoms with van der Waals surface area (Å²) in [5.41, 5.74) is 9.31. The van der Waals surface area contributed by atoms with Crippen LogP contribution < -0.4 is 5.73 Å². The highest BCUT2D eigenvalue weighted by atomic mass is 32.2. The molecule has 2 N–H and O–H groups in total. The van der Waals surface area contributed by atoms with Crippen LogP contribution in [-0.4, -0.2) is 29.9 Å². The van der Waals surface area contributed by atoms with E-state index in [4.69, 9.17) is 5.73 Å². The molecule has 1 heterocycles. The van der Waals surface area contributed by atoms with E-state index in [1.54, 1.807) is 30.5 Å². The standard InChI is InChI=1S/C24H25N3O3S/c1-16-5-9-19(10-6-16)21-14-26-24(25)23(27-21)22(28)13-17-7-11-20(12-8-17)31(29,30)15-18-3-2-4-18/h5-12,14,18H,2-4,13,15H2,1H3,(H2,25,26). The number of sulfone groups is 1. The maximum Gasteiger partial charge on any atom is 0.189 e. The molecule has 0 atom stereocenters. The number of anilines is 1. The van der Waals surface area contributed by atoms with E-state index in [9.17, 15) is 13.2 Å². The Morgan fingerprint density at radius 2 is 1.74 bits per heavy atom. The first-order valence-corrected chi connectivity index (χ1v) is 12.0. The van der Waals surface area contributed by atoms with Gasteiger partial charge in [0.2, 0.25) is 0 Å². The van der Waals surface area contributed by atoms with Gasteiger partial charge in [-0.1, -0.05) is 48.4 Å². The minimum atomic E-state index is -3.29. The molecule has 1 fully saturated rings. The number of ketones is 1. The molecule has 1 saturated carbocycles. The summed E-state index contributed by atoms with van der Waals surface area (Å²) < 4.78 is 25.1. The van der Waals surface area contributed by atoms with E-state index in [-0.39, 0.29) is 35.4 Å². The molecule has 0 bridgehead atoms. The van der Waals surface area contributed by atoms with Gasteiger partial charge in [-0.05, 0) is 43.4 Å². The Morgan fingerprint density at radius 1 is 1.06 bits per heavy atom. The Bertz CT molecular complexity index is 1200. The Morgan fingerprint density at radius 3 is 2.35 bits per heavy atom. The number of aromatic nitrogens is 2. The molecule has 2 aromatic carbocycles. The molecular formula is C24H25N3O3S. The highest BCUT2D eigenvalue weighted by Gasteiger charge is 2.26. The number of rotatable bonds is 7. The van der Waals surface area contributed by atoms with Crippen molar-refractivity contribution in [3.8, 4) is 11.3 Å². The summed E-state index contributed by atoms with van der Waals surface area (Å²) in [6, 6.07) is 14.3. The molecule has 160 valence electrons. The predicted molar refractivity (Wildman–Crippen MR) is 120 cm³/mol. The second-order valence-corrected chi connectivity index (χ2v) is 10.2. The monoisotopic (exact) mass is 435 g/mol. The van der Waals surface area contributed by atoms with E-state index in [1.165, 1.54) is 0 Å². The van der Waals surface area contributed by atoms with Crippen molar-refractivity contribution in [2.75, 3.05) is 11.5 Å². The van der Waals surface area contributed by atoms with E-state index in [1.807, 2.05) is 31.2 Å². The van der Waals surface area contributed by atoms with Crippen molar-refractivity contribution in [2.24, 2.45) is 5.92 Å². The van der Waals surface area contributed by atoms with Gasteiger partial charge in [0.05, 0.1) is 22.5 Å². The zero-order chi connectivity index (χ0) is 22.0. The van der Waals surface area contributed by atoms with Crippen LogP contribution in [0.1, 0.15) is 40.9 Å². The minimum Gasteiger partial charge on any atom is -0.382 e. The number of benzene rings is 2. The number of Topliss-reactive ketones (excluding diaryl/α,β-unsaturated/α-hetero) is 1. The van der Waals surface area contributed by atoms with Crippen LogP contribution in [0.5, 0.6) is 0 Å². The highest BCUT2D eigenvalue weighted by Crippen LogP contribution is 2.29. The molecule has 1 aromatic heterocycles. The molecular weight excluding hydrogens is 410 g/mol. The first kappa shape index (κ1) is 21.2.